The first-order valence-electron chi connectivity index (χ1n) is 4.33. The van der Waals surface area contributed by atoms with Gasteiger partial charge < -0.3 is 4.98 Å². The van der Waals surface area contributed by atoms with Gasteiger partial charge in [0.1, 0.15) is 5.15 Å². The molecule has 0 saturated heterocycles. The minimum absolute atomic E-state index is 0. The molecule has 0 spiro atoms. The molecule has 0 aliphatic heterocycles. The molecule has 16 heavy (non-hydrogen) atoms. The highest BCUT2D eigenvalue weighted by Gasteiger charge is 2.05. The molecule has 0 unspecified atom stereocenters. The number of nitrogens with zero attached hydrogens (tertiary/aromatic N) is 1. The van der Waals surface area contributed by atoms with Crippen molar-refractivity contribution in [3.8, 4) is 0 Å². The molecule has 0 aliphatic carbocycles. The lowest BCUT2D eigenvalue weighted by atomic mass is 10.2. The number of H-pyrrole nitrogens is 1. The third-order valence-electron chi connectivity index (χ3n) is 1.82. The van der Waals surface area contributed by atoms with Gasteiger partial charge in [-0.25, -0.2) is 4.98 Å². The number of imidazole rings is 1. The van der Waals surface area contributed by atoms with Gasteiger partial charge in [-0.2, -0.15) is 0 Å². The van der Waals surface area contributed by atoms with Crippen LogP contribution < -0.4 is 0 Å². The Labute approximate surface area is 114 Å². The largest absolute Gasteiger partial charge is 0.323 e. The number of halogens is 3. The van der Waals surface area contributed by atoms with Crippen molar-refractivity contribution in [3.63, 3.8) is 0 Å². The lowest BCUT2D eigenvalue weighted by molar-refractivity contribution is 1.06. The van der Waals surface area contributed by atoms with Crippen LogP contribution in [0.1, 0.15) is 5.56 Å². The highest BCUT2D eigenvalue weighted by Crippen LogP contribution is 2.25. The Balaban J connectivity index is 0.00000128. The molecule has 1 aromatic carbocycles. The van der Waals surface area contributed by atoms with Gasteiger partial charge in [-0.3, -0.25) is 0 Å². The van der Waals surface area contributed by atoms with Gasteiger partial charge in [0.2, 0.25) is 0 Å². The van der Waals surface area contributed by atoms with Crippen LogP contribution in [0.15, 0.2) is 35.5 Å². The monoisotopic (exact) mass is 294 g/mol. The molecule has 1 N–H and O–H groups in total. The zero-order valence-electron chi connectivity index (χ0n) is 8.11. The van der Waals surface area contributed by atoms with Crippen LogP contribution in [0, 0.1) is 0 Å². The van der Waals surface area contributed by atoms with Crippen molar-refractivity contribution in [2.75, 3.05) is 0 Å². The quantitative estimate of drug-likeness (QED) is 0.849. The first kappa shape index (κ1) is 13.7. The molecule has 0 amide bonds. The second kappa shape index (κ2) is 6.40. The molecular weight excluding hydrogens is 287 g/mol. The van der Waals surface area contributed by atoms with E-state index in [-0.39, 0.29) is 12.4 Å². The van der Waals surface area contributed by atoms with Gasteiger partial charge in [-0.15, -0.1) is 12.4 Å². The number of aromatic amines is 1. The predicted octanol–water partition coefficient (Wildman–Crippen LogP) is 4.43. The van der Waals surface area contributed by atoms with E-state index in [4.69, 9.17) is 23.2 Å². The summed E-state index contributed by atoms with van der Waals surface area (Å²) in [5, 5.41) is 1.47. The van der Waals surface area contributed by atoms with Gasteiger partial charge in [0.25, 0.3) is 0 Å². The van der Waals surface area contributed by atoms with Gasteiger partial charge in [0, 0.05) is 5.75 Å². The first-order valence-corrected chi connectivity index (χ1v) is 6.07. The van der Waals surface area contributed by atoms with E-state index < -0.39 is 0 Å². The highest BCUT2D eigenvalue weighted by molar-refractivity contribution is 7.98. The Morgan fingerprint density at radius 1 is 1.19 bits per heavy atom. The summed E-state index contributed by atoms with van der Waals surface area (Å²) >= 11 is 13.0. The van der Waals surface area contributed by atoms with Crippen molar-refractivity contribution in [3.05, 3.63) is 46.2 Å². The first-order chi connectivity index (χ1) is 7.25. The third kappa shape index (κ3) is 3.59. The van der Waals surface area contributed by atoms with E-state index in [9.17, 15) is 0 Å². The van der Waals surface area contributed by atoms with Crippen LogP contribution in [0.5, 0.6) is 0 Å². The minimum atomic E-state index is 0. The topological polar surface area (TPSA) is 28.7 Å². The second-order valence-electron chi connectivity index (χ2n) is 2.92. The fourth-order valence-corrected chi connectivity index (χ4v) is 2.30. The summed E-state index contributed by atoms with van der Waals surface area (Å²) in [7, 11) is 0. The summed E-state index contributed by atoms with van der Waals surface area (Å²) in [5.41, 5.74) is 1.24. The van der Waals surface area contributed by atoms with Gasteiger partial charge in [-0.05, 0) is 5.56 Å². The van der Waals surface area contributed by atoms with Crippen molar-refractivity contribution in [2.45, 2.75) is 10.9 Å². The van der Waals surface area contributed by atoms with Gasteiger partial charge in [0.05, 0.1) is 0 Å². The van der Waals surface area contributed by atoms with E-state index in [1.807, 2.05) is 18.2 Å². The molecule has 86 valence electrons. The SMILES string of the molecule is Cl.Clc1nc(SCc2ccccc2)[nH]c1Cl. The van der Waals surface area contributed by atoms with E-state index in [0.29, 0.717) is 10.3 Å². The summed E-state index contributed by atoms with van der Waals surface area (Å²) in [6.45, 7) is 0. The molecule has 0 bridgehead atoms. The van der Waals surface area contributed by atoms with Crippen molar-refractivity contribution in [1.29, 1.82) is 0 Å². The molecule has 2 rings (SSSR count). The molecule has 6 heteroatoms. The third-order valence-corrected chi connectivity index (χ3v) is 3.40. The van der Waals surface area contributed by atoms with Crippen LogP contribution in [0.3, 0.4) is 0 Å². The maximum atomic E-state index is 5.75. The van der Waals surface area contributed by atoms with Gasteiger partial charge in [0.15, 0.2) is 10.3 Å². The molecule has 0 saturated carbocycles. The summed E-state index contributed by atoms with van der Waals surface area (Å²) in [6.07, 6.45) is 0. The molecule has 0 atom stereocenters. The average Bonchev–Trinajstić information content (AvgIpc) is 2.57. The lowest BCUT2D eigenvalue weighted by Crippen LogP contribution is -1.80. The Kier molecular flexibility index (Phi) is 5.49. The zero-order valence-corrected chi connectivity index (χ0v) is 11.3. The Morgan fingerprint density at radius 2 is 1.88 bits per heavy atom. The molecule has 2 aromatic rings. The fourth-order valence-electron chi connectivity index (χ4n) is 1.11. The van der Waals surface area contributed by atoms with Crippen LogP contribution >= 0.6 is 47.4 Å². The second-order valence-corrected chi connectivity index (χ2v) is 4.62. The van der Waals surface area contributed by atoms with Crippen molar-refractivity contribution >= 4 is 47.4 Å². The number of hydrogen-bond donors (Lipinski definition) is 1. The number of thioether (sulfide) groups is 1. The van der Waals surface area contributed by atoms with Crippen LogP contribution in [-0.4, -0.2) is 9.97 Å². The van der Waals surface area contributed by atoms with Crippen molar-refractivity contribution < 1.29 is 0 Å². The fraction of sp³-hybridized carbons (Fsp3) is 0.100. The molecular formula is C10H9Cl3N2S. The Hall–Kier alpha value is -0.350. The number of benzene rings is 1. The number of nitrogens with one attached hydrogen (secondary N) is 1. The number of hydrogen-bond acceptors (Lipinski definition) is 2. The molecule has 2 nitrogen and oxygen atoms in total. The lowest BCUT2D eigenvalue weighted by Gasteiger charge is -1.97. The zero-order chi connectivity index (χ0) is 10.7. The van der Waals surface area contributed by atoms with E-state index in [1.165, 1.54) is 5.56 Å². The van der Waals surface area contributed by atoms with E-state index in [1.54, 1.807) is 11.8 Å². The normalized spacial score (nSPS) is 9.88. The maximum Gasteiger partial charge on any atom is 0.168 e. The molecule has 1 heterocycles. The molecule has 1 aromatic heterocycles. The van der Waals surface area contributed by atoms with Crippen LogP contribution in [0.4, 0.5) is 0 Å². The van der Waals surface area contributed by atoms with E-state index in [2.05, 4.69) is 22.1 Å². The number of rotatable bonds is 3. The highest BCUT2D eigenvalue weighted by atomic mass is 35.5. The maximum absolute atomic E-state index is 5.75. The van der Waals surface area contributed by atoms with Crippen LogP contribution in [0.25, 0.3) is 0 Å². The molecule has 0 radical (unpaired) electrons. The molecule has 0 fully saturated rings. The van der Waals surface area contributed by atoms with Gasteiger partial charge >= 0.3 is 0 Å². The smallest absolute Gasteiger partial charge is 0.168 e. The molecule has 0 aliphatic rings. The summed E-state index contributed by atoms with van der Waals surface area (Å²) in [4.78, 5) is 6.97. The van der Waals surface area contributed by atoms with Crippen LogP contribution in [-0.2, 0) is 5.75 Å². The standard InChI is InChI=1S/C10H8Cl2N2S.ClH/c11-8-9(12)14-10(13-8)15-6-7-4-2-1-3-5-7;/h1-5H,6H2,(H,13,14);1H. The summed E-state index contributed by atoms with van der Waals surface area (Å²) in [5.74, 6) is 0.848. The van der Waals surface area contributed by atoms with E-state index >= 15 is 0 Å². The summed E-state index contributed by atoms with van der Waals surface area (Å²) in [6, 6.07) is 10.2. The predicted molar refractivity (Wildman–Crippen MR) is 71.9 cm³/mol. The Bertz CT molecular complexity index is 425. The van der Waals surface area contributed by atoms with Gasteiger partial charge in [-0.1, -0.05) is 65.3 Å². The van der Waals surface area contributed by atoms with Crippen molar-refractivity contribution in [2.24, 2.45) is 0 Å². The Morgan fingerprint density at radius 3 is 2.44 bits per heavy atom. The minimum Gasteiger partial charge on any atom is -0.323 e. The van der Waals surface area contributed by atoms with E-state index in [0.717, 1.165) is 10.9 Å². The van der Waals surface area contributed by atoms with Crippen molar-refractivity contribution in [1.82, 2.24) is 9.97 Å². The average molecular weight is 296 g/mol. The number of aromatic nitrogens is 2. The van der Waals surface area contributed by atoms with Crippen LogP contribution in [0.2, 0.25) is 10.3 Å². The summed E-state index contributed by atoms with van der Waals surface area (Å²) < 4.78 is 0.